The van der Waals surface area contributed by atoms with Crippen LogP contribution in [0.25, 0.3) is 5.57 Å². The molecule has 2 amide bonds. The van der Waals surface area contributed by atoms with E-state index in [0.717, 1.165) is 24.2 Å². The summed E-state index contributed by atoms with van der Waals surface area (Å²) in [5.41, 5.74) is 2.51. The average molecular weight is 423 g/mol. The molecule has 162 valence electrons. The molecule has 1 N–H and O–H groups in total. The van der Waals surface area contributed by atoms with E-state index in [-0.39, 0.29) is 30.8 Å². The standard InChI is InChI=1S/C24H26FN3O3/c25-20-8-6-18(7-9-20)10-11-28-23(30)21(19-4-2-1-3-5-19)22(24(28)31)27-14-12-26(13-15-27)16-17-29/h1-9,29H,10-17H2. The lowest BCUT2D eigenvalue weighted by molar-refractivity contribution is -0.137. The fourth-order valence-electron chi connectivity index (χ4n) is 4.15. The molecule has 0 aromatic heterocycles. The zero-order chi connectivity index (χ0) is 21.8. The van der Waals surface area contributed by atoms with Gasteiger partial charge in [0.1, 0.15) is 11.5 Å². The minimum absolute atomic E-state index is 0.104. The Morgan fingerprint density at radius 1 is 0.839 bits per heavy atom. The molecule has 2 aromatic carbocycles. The van der Waals surface area contributed by atoms with Gasteiger partial charge in [-0.05, 0) is 29.7 Å². The molecule has 2 heterocycles. The summed E-state index contributed by atoms with van der Waals surface area (Å²) >= 11 is 0. The van der Waals surface area contributed by atoms with E-state index < -0.39 is 0 Å². The predicted octanol–water partition coefficient (Wildman–Crippen LogP) is 1.76. The van der Waals surface area contributed by atoms with E-state index in [2.05, 4.69) is 4.90 Å². The van der Waals surface area contributed by atoms with Gasteiger partial charge in [-0.1, -0.05) is 42.5 Å². The van der Waals surface area contributed by atoms with Gasteiger partial charge in [0.2, 0.25) is 0 Å². The first kappa shape index (κ1) is 21.2. The highest BCUT2D eigenvalue weighted by atomic mass is 19.1. The monoisotopic (exact) mass is 423 g/mol. The second kappa shape index (κ2) is 9.41. The number of carbonyl (C=O) groups excluding carboxylic acids is 2. The van der Waals surface area contributed by atoms with Crippen LogP contribution in [0.3, 0.4) is 0 Å². The number of rotatable bonds is 7. The highest BCUT2D eigenvalue weighted by Gasteiger charge is 2.41. The molecule has 0 bridgehead atoms. The van der Waals surface area contributed by atoms with Crippen LogP contribution in [0.2, 0.25) is 0 Å². The Morgan fingerprint density at radius 2 is 1.52 bits per heavy atom. The summed E-state index contributed by atoms with van der Waals surface area (Å²) in [6.07, 6.45) is 0.470. The third kappa shape index (κ3) is 4.52. The van der Waals surface area contributed by atoms with Crippen molar-refractivity contribution in [1.82, 2.24) is 14.7 Å². The van der Waals surface area contributed by atoms with Crippen LogP contribution in [0.15, 0.2) is 60.3 Å². The van der Waals surface area contributed by atoms with E-state index in [0.29, 0.717) is 37.3 Å². The van der Waals surface area contributed by atoms with E-state index >= 15 is 0 Å². The Kier molecular flexibility index (Phi) is 6.44. The second-order valence-electron chi connectivity index (χ2n) is 7.78. The van der Waals surface area contributed by atoms with Crippen LogP contribution in [0.4, 0.5) is 4.39 Å². The summed E-state index contributed by atoms with van der Waals surface area (Å²) in [6, 6.07) is 15.4. The Bertz CT molecular complexity index is 967. The molecular formula is C24H26FN3O3. The van der Waals surface area contributed by atoms with Crippen LogP contribution >= 0.6 is 0 Å². The van der Waals surface area contributed by atoms with Crippen LogP contribution < -0.4 is 0 Å². The number of hydrogen-bond donors (Lipinski definition) is 1. The van der Waals surface area contributed by atoms with Crippen molar-refractivity contribution < 1.29 is 19.1 Å². The summed E-state index contributed by atoms with van der Waals surface area (Å²) in [6.45, 7) is 3.65. The van der Waals surface area contributed by atoms with Gasteiger partial charge in [0.15, 0.2) is 0 Å². The topological polar surface area (TPSA) is 64.1 Å². The van der Waals surface area contributed by atoms with Crippen LogP contribution in [0.1, 0.15) is 11.1 Å². The fraction of sp³-hybridized carbons (Fsp3) is 0.333. The zero-order valence-electron chi connectivity index (χ0n) is 17.3. The molecule has 31 heavy (non-hydrogen) atoms. The minimum Gasteiger partial charge on any atom is -0.395 e. The number of halogens is 1. The molecule has 2 aromatic rings. The molecule has 4 rings (SSSR count). The van der Waals surface area contributed by atoms with E-state index in [1.165, 1.54) is 17.0 Å². The second-order valence-corrected chi connectivity index (χ2v) is 7.78. The number of benzene rings is 2. The van der Waals surface area contributed by atoms with Crippen molar-refractivity contribution in [2.24, 2.45) is 0 Å². The first-order chi connectivity index (χ1) is 15.1. The highest BCUT2D eigenvalue weighted by Crippen LogP contribution is 2.32. The molecule has 0 unspecified atom stereocenters. The number of carbonyl (C=O) groups is 2. The molecule has 1 fully saturated rings. The third-order valence-electron chi connectivity index (χ3n) is 5.85. The number of β-amino-alcohol motifs (C(OH)–C–C–N with tert-alkyl or cyclic N) is 1. The van der Waals surface area contributed by atoms with E-state index in [9.17, 15) is 19.1 Å². The normalized spacial score (nSPS) is 17.7. The number of aliphatic hydroxyl groups excluding tert-OH is 1. The van der Waals surface area contributed by atoms with Crippen molar-refractivity contribution in [3.8, 4) is 0 Å². The average Bonchev–Trinajstić information content (AvgIpc) is 3.04. The van der Waals surface area contributed by atoms with Crippen molar-refractivity contribution in [3.63, 3.8) is 0 Å². The van der Waals surface area contributed by atoms with Gasteiger partial charge in [-0.15, -0.1) is 0 Å². The first-order valence-electron chi connectivity index (χ1n) is 10.6. The van der Waals surface area contributed by atoms with Crippen LogP contribution in [-0.4, -0.2) is 77.5 Å². The summed E-state index contributed by atoms with van der Waals surface area (Å²) in [5, 5.41) is 9.18. The molecule has 0 saturated carbocycles. The van der Waals surface area contributed by atoms with E-state index in [4.69, 9.17) is 0 Å². The highest BCUT2D eigenvalue weighted by molar-refractivity contribution is 6.35. The predicted molar refractivity (Wildman–Crippen MR) is 115 cm³/mol. The molecule has 0 aliphatic carbocycles. The quantitative estimate of drug-likeness (QED) is 0.688. The lowest BCUT2D eigenvalue weighted by Gasteiger charge is -2.36. The van der Waals surface area contributed by atoms with Gasteiger partial charge in [-0.25, -0.2) is 4.39 Å². The molecule has 0 spiro atoms. The number of hydrogen-bond acceptors (Lipinski definition) is 5. The Balaban J connectivity index is 1.58. The number of amides is 2. The molecule has 7 heteroatoms. The maximum atomic E-state index is 13.4. The zero-order valence-corrected chi connectivity index (χ0v) is 17.3. The van der Waals surface area contributed by atoms with Gasteiger partial charge in [-0.3, -0.25) is 19.4 Å². The number of piperazine rings is 1. The first-order valence-corrected chi connectivity index (χ1v) is 10.6. The molecule has 2 aliphatic rings. The molecule has 1 saturated heterocycles. The SMILES string of the molecule is O=C1C(c2ccccc2)=C(N2CCN(CCO)CC2)C(=O)N1CCc1ccc(F)cc1. The maximum Gasteiger partial charge on any atom is 0.277 e. The number of nitrogens with zero attached hydrogens (tertiary/aromatic N) is 3. The summed E-state index contributed by atoms with van der Waals surface area (Å²) in [5.74, 6) is -0.875. The van der Waals surface area contributed by atoms with Crippen molar-refractivity contribution in [2.45, 2.75) is 6.42 Å². The molecule has 2 aliphatic heterocycles. The van der Waals surface area contributed by atoms with E-state index in [1.54, 1.807) is 12.1 Å². The molecule has 6 nitrogen and oxygen atoms in total. The number of imide groups is 1. The number of aliphatic hydroxyl groups is 1. The van der Waals surface area contributed by atoms with Crippen molar-refractivity contribution in [2.75, 3.05) is 45.9 Å². The molecule has 0 radical (unpaired) electrons. The summed E-state index contributed by atoms with van der Waals surface area (Å²) in [4.78, 5) is 32.1. The van der Waals surface area contributed by atoms with E-state index in [1.807, 2.05) is 35.2 Å². The van der Waals surface area contributed by atoms with Crippen molar-refractivity contribution in [3.05, 3.63) is 77.2 Å². The fourth-order valence-corrected chi connectivity index (χ4v) is 4.15. The van der Waals surface area contributed by atoms with Crippen LogP contribution in [0, 0.1) is 5.82 Å². The smallest absolute Gasteiger partial charge is 0.277 e. The lowest BCUT2D eigenvalue weighted by Crippen LogP contribution is -2.48. The van der Waals surface area contributed by atoms with Gasteiger partial charge in [0.05, 0.1) is 12.2 Å². The largest absolute Gasteiger partial charge is 0.395 e. The third-order valence-corrected chi connectivity index (χ3v) is 5.85. The van der Waals surface area contributed by atoms with Crippen molar-refractivity contribution >= 4 is 17.4 Å². The van der Waals surface area contributed by atoms with Gasteiger partial charge < -0.3 is 10.0 Å². The Labute approximate surface area is 181 Å². The summed E-state index contributed by atoms with van der Waals surface area (Å²) < 4.78 is 13.2. The summed E-state index contributed by atoms with van der Waals surface area (Å²) in [7, 11) is 0. The Morgan fingerprint density at radius 3 is 2.16 bits per heavy atom. The van der Waals surface area contributed by atoms with Gasteiger partial charge in [0.25, 0.3) is 11.8 Å². The van der Waals surface area contributed by atoms with Crippen LogP contribution in [0.5, 0.6) is 0 Å². The van der Waals surface area contributed by atoms with Gasteiger partial charge >= 0.3 is 0 Å². The maximum absolute atomic E-state index is 13.4. The van der Waals surface area contributed by atoms with Crippen LogP contribution in [-0.2, 0) is 16.0 Å². The molecule has 0 atom stereocenters. The van der Waals surface area contributed by atoms with Gasteiger partial charge in [0, 0.05) is 39.3 Å². The van der Waals surface area contributed by atoms with Gasteiger partial charge in [-0.2, -0.15) is 0 Å². The molecular weight excluding hydrogens is 397 g/mol. The minimum atomic E-state index is -0.312. The van der Waals surface area contributed by atoms with Crippen molar-refractivity contribution in [1.29, 1.82) is 0 Å². The lowest BCUT2D eigenvalue weighted by atomic mass is 10.0. The Hall–Kier alpha value is -3.03.